The van der Waals surface area contributed by atoms with Gasteiger partial charge in [0.25, 0.3) is 0 Å². The molecule has 88 valence electrons. The molecule has 2 aromatic rings. The van der Waals surface area contributed by atoms with Crippen LogP contribution in [0.5, 0.6) is 0 Å². The van der Waals surface area contributed by atoms with E-state index in [1.165, 1.54) is 6.20 Å². The van der Waals surface area contributed by atoms with Crippen LogP contribution in [0.4, 0.5) is 5.82 Å². The molecule has 2 heterocycles. The first-order valence-corrected chi connectivity index (χ1v) is 4.91. The molecule has 6 nitrogen and oxygen atoms in total. The van der Waals surface area contributed by atoms with Gasteiger partial charge < -0.3 is 14.5 Å². The third kappa shape index (κ3) is 2.10. The van der Waals surface area contributed by atoms with Crippen molar-refractivity contribution >= 4 is 11.8 Å². The molecule has 0 fully saturated rings. The van der Waals surface area contributed by atoms with E-state index in [4.69, 9.17) is 9.63 Å². The second kappa shape index (κ2) is 4.25. The van der Waals surface area contributed by atoms with Crippen LogP contribution in [-0.2, 0) is 0 Å². The number of nitrogens with zero attached hydrogens (tertiary/aromatic N) is 3. The monoisotopic (exact) mass is 233 g/mol. The average Bonchev–Trinajstić information content (AvgIpc) is 2.78. The highest BCUT2D eigenvalue weighted by Crippen LogP contribution is 2.24. The second-order valence-corrected chi connectivity index (χ2v) is 3.67. The summed E-state index contributed by atoms with van der Waals surface area (Å²) < 4.78 is 4.93. The lowest BCUT2D eigenvalue weighted by atomic mass is 10.1. The molecule has 2 aromatic heterocycles. The number of carboxylic acid groups (broad SMARTS) is 1. The quantitative estimate of drug-likeness (QED) is 0.865. The molecule has 0 spiro atoms. The Bertz CT molecular complexity index is 531. The molecule has 0 aliphatic carbocycles. The van der Waals surface area contributed by atoms with E-state index in [0.29, 0.717) is 5.56 Å². The van der Waals surface area contributed by atoms with Crippen LogP contribution in [0.25, 0.3) is 11.3 Å². The van der Waals surface area contributed by atoms with E-state index in [-0.39, 0.29) is 11.3 Å². The minimum Gasteiger partial charge on any atom is -0.477 e. The Kier molecular flexibility index (Phi) is 2.78. The minimum atomic E-state index is -1.07. The van der Waals surface area contributed by atoms with Gasteiger partial charge in [-0.25, -0.2) is 9.78 Å². The molecule has 0 aliphatic heterocycles. The van der Waals surface area contributed by atoms with Crippen LogP contribution in [0.3, 0.4) is 0 Å². The van der Waals surface area contributed by atoms with Crippen molar-refractivity contribution in [1.29, 1.82) is 0 Å². The Hall–Kier alpha value is -2.37. The smallest absolute Gasteiger partial charge is 0.341 e. The summed E-state index contributed by atoms with van der Waals surface area (Å²) in [6.45, 7) is 0. The van der Waals surface area contributed by atoms with Crippen LogP contribution in [0.1, 0.15) is 10.4 Å². The normalized spacial score (nSPS) is 10.2. The minimum absolute atomic E-state index is 0.0319. The standard InChI is InChI=1S/C11H11N3O3/c1-14(2)9-4-3-7(5-12-9)10-8(11(15)16)6-13-17-10/h3-6H,1-2H3,(H,15,16). The van der Waals surface area contributed by atoms with Crippen molar-refractivity contribution < 1.29 is 14.4 Å². The van der Waals surface area contributed by atoms with Gasteiger partial charge in [-0.3, -0.25) is 0 Å². The van der Waals surface area contributed by atoms with Crippen molar-refractivity contribution in [3.8, 4) is 11.3 Å². The maximum absolute atomic E-state index is 10.9. The van der Waals surface area contributed by atoms with Crippen LogP contribution in [0.15, 0.2) is 29.0 Å². The van der Waals surface area contributed by atoms with Gasteiger partial charge in [0.05, 0.1) is 6.20 Å². The number of hydrogen-bond acceptors (Lipinski definition) is 5. The van der Waals surface area contributed by atoms with E-state index in [1.807, 2.05) is 19.0 Å². The van der Waals surface area contributed by atoms with Crippen LogP contribution in [0.2, 0.25) is 0 Å². The van der Waals surface area contributed by atoms with Crippen LogP contribution >= 0.6 is 0 Å². The zero-order valence-electron chi connectivity index (χ0n) is 9.41. The van der Waals surface area contributed by atoms with Gasteiger partial charge in [-0.2, -0.15) is 0 Å². The number of anilines is 1. The number of aromatic carboxylic acids is 1. The van der Waals surface area contributed by atoms with Gasteiger partial charge >= 0.3 is 5.97 Å². The molecule has 0 saturated heterocycles. The highest BCUT2D eigenvalue weighted by Gasteiger charge is 2.17. The average molecular weight is 233 g/mol. The maximum Gasteiger partial charge on any atom is 0.341 e. The van der Waals surface area contributed by atoms with E-state index in [9.17, 15) is 4.79 Å². The van der Waals surface area contributed by atoms with E-state index in [1.54, 1.807) is 18.3 Å². The fraction of sp³-hybridized carbons (Fsp3) is 0.182. The maximum atomic E-state index is 10.9. The molecule has 2 rings (SSSR count). The van der Waals surface area contributed by atoms with Crippen LogP contribution < -0.4 is 4.90 Å². The van der Waals surface area contributed by atoms with E-state index >= 15 is 0 Å². The first-order chi connectivity index (χ1) is 8.09. The summed E-state index contributed by atoms with van der Waals surface area (Å²) in [5, 5.41) is 12.4. The summed E-state index contributed by atoms with van der Waals surface area (Å²) in [6, 6.07) is 3.53. The molecule has 0 amide bonds. The predicted octanol–water partition coefficient (Wildman–Crippen LogP) is 1.50. The summed E-state index contributed by atoms with van der Waals surface area (Å²) in [6.07, 6.45) is 2.74. The molecule has 0 radical (unpaired) electrons. The Morgan fingerprint density at radius 1 is 1.35 bits per heavy atom. The number of aromatic nitrogens is 2. The molecule has 6 heteroatoms. The first-order valence-electron chi connectivity index (χ1n) is 4.91. The molecule has 0 unspecified atom stereocenters. The lowest BCUT2D eigenvalue weighted by molar-refractivity contribution is 0.0697. The first kappa shape index (κ1) is 11.1. The van der Waals surface area contributed by atoms with Crippen molar-refractivity contribution in [2.24, 2.45) is 0 Å². The van der Waals surface area contributed by atoms with Gasteiger partial charge in [-0.05, 0) is 12.1 Å². The highest BCUT2D eigenvalue weighted by atomic mass is 16.5. The zero-order chi connectivity index (χ0) is 12.4. The van der Waals surface area contributed by atoms with E-state index in [2.05, 4.69) is 10.1 Å². The van der Waals surface area contributed by atoms with E-state index in [0.717, 1.165) is 5.82 Å². The Morgan fingerprint density at radius 3 is 2.65 bits per heavy atom. The highest BCUT2D eigenvalue weighted by molar-refractivity contribution is 5.93. The number of pyridine rings is 1. The van der Waals surface area contributed by atoms with Crippen molar-refractivity contribution in [2.75, 3.05) is 19.0 Å². The van der Waals surface area contributed by atoms with Crippen molar-refractivity contribution in [2.45, 2.75) is 0 Å². The van der Waals surface area contributed by atoms with Crippen molar-refractivity contribution in [3.63, 3.8) is 0 Å². The molecule has 0 aliphatic rings. The van der Waals surface area contributed by atoms with Gasteiger partial charge in [-0.1, -0.05) is 5.16 Å². The van der Waals surface area contributed by atoms with E-state index < -0.39 is 5.97 Å². The molecule has 1 N–H and O–H groups in total. The van der Waals surface area contributed by atoms with Crippen LogP contribution in [-0.4, -0.2) is 35.3 Å². The molecule has 17 heavy (non-hydrogen) atoms. The third-order valence-corrected chi connectivity index (χ3v) is 2.27. The second-order valence-electron chi connectivity index (χ2n) is 3.67. The number of carboxylic acids is 1. The summed E-state index contributed by atoms with van der Waals surface area (Å²) in [4.78, 5) is 16.9. The number of hydrogen-bond donors (Lipinski definition) is 1. The molecular formula is C11H11N3O3. The van der Waals surface area contributed by atoms with Gasteiger partial charge in [-0.15, -0.1) is 0 Å². The van der Waals surface area contributed by atoms with Crippen molar-refractivity contribution in [1.82, 2.24) is 10.1 Å². The van der Waals surface area contributed by atoms with Crippen LogP contribution in [0, 0.1) is 0 Å². The number of carbonyl (C=O) groups is 1. The molecule has 0 saturated carbocycles. The Balaban J connectivity index is 2.40. The molecule has 0 bridgehead atoms. The molecule has 0 aromatic carbocycles. The lowest BCUT2D eigenvalue weighted by Gasteiger charge is -2.10. The Morgan fingerprint density at radius 2 is 2.12 bits per heavy atom. The van der Waals surface area contributed by atoms with Crippen molar-refractivity contribution in [3.05, 3.63) is 30.1 Å². The third-order valence-electron chi connectivity index (χ3n) is 2.27. The SMILES string of the molecule is CN(C)c1ccc(-c2oncc2C(=O)O)cn1. The van der Waals surface area contributed by atoms with Gasteiger partial charge in [0.1, 0.15) is 11.4 Å². The summed E-state index contributed by atoms with van der Waals surface area (Å²) in [5.41, 5.74) is 0.620. The molecular weight excluding hydrogens is 222 g/mol. The van der Waals surface area contributed by atoms with Gasteiger partial charge in [0, 0.05) is 25.9 Å². The summed E-state index contributed by atoms with van der Waals surface area (Å²) >= 11 is 0. The molecule has 0 atom stereocenters. The topological polar surface area (TPSA) is 79.5 Å². The lowest BCUT2D eigenvalue weighted by Crippen LogP contribution is -2.10. The Labute approximate surface area is 97.5 Å². The fourth-order valence-corrected chi connectivity index (χ4v) is 1.39. The predicted molar refractivity (Wildman–Crippen MR) is 61.0 cm³/mol. The zero-order valence-corrected chi connectivity index (χ0v) is 9.41. The summed E-state index contributed by atoms with van der Waals surface area (Å²) in [7, 11) is 3.75. The fourth-order valence-electron chi connectivity index (χ4n) is 1.39. The number of rotatable bonds is 3. The van der Waals surface area contributed by atoms with Gasteiger partial charge in [0.2, 0.25) is 0 Å². The van der Waals surface area contributed by atoms with Gasteiger partial charge in [0.15, 0.2) is 5.76 Å². The largest absolute Gasteiger partial charge is 0.477 e. The summed E-state index contributed by atoms with van der Waals surface area (Å²) in [5.74, 6) is -0.0709.